The van der Waals surface area contributed by atoms with E-state index in [0.717, 1.165) is 0 Å². The van der Waals surface area contributed by atoms with Crippen molar-refractivity contribution in [1.82, 2.24) is 0 Å². The Morgan fingerprint density at radius 1 is 1.08 bits per heavy atom. The molecule has 0 unspecified atom stereocenters. The van der Waals surface area contributed by atoms with E-state index in [1.165, 1.54) is 16.8 Å². The van der Waals surface area contributed by atoms with Crippen LogP contribution >= 0.6 is 0 Å². The van der Waals surface area contributed by atoms with Crippen LogP contribution < -0.4 is 4.90 Å². The van der Waals surface area contributed by atoms with Crippen molar-refractivity contribution in [2.24, 2.45) is 0 Å². The highest BCUT2D eigenvalue weighted by molar-refractivity contribution is 6.13. The van der Waals surface area contributed by atoms with E-state index in [2.05, 4.69) is 37.2 Å². The zero-order valence-electron chi connectivity index (χ0n) is 7.28. The number of nitrogens with zero attached hydrogens (tertiary/aromatic N) is 1. The molecule has 0 fully saturated rings. The average Bonchev–Trinajstić information content (AvgIpc) is 2.60. The summed E-state index contributed by atoms with van der Waals surface area (Å²) in [5.74, 6) is 0. The standard InChI is InChI=1S/C8H9N.BH3O2/c1-9(2)8-4-6-3-7(6)5-8;2-1-3/h3-5H,1-2H3;1-3H. The predicted octanol–water partition coefficient (Wildman–Crippen LogP) is -0.0295. The Balaban J connectivity index is 0.000000213. The molecule has 2 N–H and O–H groups in total. The molecular weight excluding hydrogens is 153 g/mol. The van der Waals surface area contributed by atoms with Gasteiger partial charge in [0, 0.05) is 19.8 Å². The van der Waals surface area contributed by atoms with Crippen LogP contribution in [0, 0.1) is 0 Å². The van der Waals surface area contributed by atoms with Gasteiger partial charge in [0.2, 0.25) is 0 Å². The first-order valence-corrected chi connectivity index (χ1v) is 3.73. The van der Waals surface area contributed by atoms with E-state index in [4.69, 9.17) is 10.0 Å². The second-order valence-corrected chi connectivity index (χ2v) is 2.80. The number of anilines is 1. The number of fused-ring (bicyclic) bond motifs is 1. The van der Waals surface area contributed by atoms with E-state index >= 15 is 0 Å². The van der Waals surface area contributed by atoms with Gasteiger partial charge >= 0.3 is 7.69 Å². The summed E-state index contributed by atoms with van der Waals surface area (Å²) in [6, 6.07) is 6.59. The van der Waals surface area contributed by atoms with E-state index < -0.39 is 7.69 Å². The van der Waals surface area contributed by atoms with Crippen LogP contribution in [0.15, 0.2) is 18.2 Å². The molecule has 0 saturated carbocycles. The maximum Gasteiger partial charge on any atom is 0.432 e. The Hall–Kier alpha value is -0.995. The summed E-state index contributed by atoms with van der Waals surface area (Å²) < 4.78 is 0. The van der Waals surface area contributed by atoms with Crippen LogP contribution in [0.2, 0.25) is 0 Å². The summed E-state index contributed by atoms with van der Waals surface area (Å²) >= 11 is 0. The van der Waals surface area contributed by atoms with Crippen molar-refractivity contribution in [3.8, 4) is 11.1 Å². The van der Waals surface area contributed by atoms with Gasteiger partial charge in [-0.1, -0.05) is 0 Å². The van der Waals surface area contributed by atoms with E-state index in [9.17, 15) is 0 Å². The number of hydrogen-bond donors (Lipinski definition) is 2. The molecule has 0 aromatic rings. The zero-order chi connectivity index (χ0) is 9.14. The molecule has 0 atom stereocenters. The molecule has 0 aliphatic heterocycles. The lowest BCUT2D eigenvalue weighted by Crippen LogP contribution is -2.06. The maximum absolute atomic E-state index is 7.12. The van der Waals surface area contributed by atoms with E-state index in [0.29, 0.717) is 0 Å². The molecule has 2 aliphatic rings. The van der Waals surface area contributed by atoms with Crippen molar-refractivity contribution >= 4 is 13.4 Å². The van der Waals surface area contributed by atoms with E-state index in [-0.39, 0.29) is 0 Å². The molecule has 2 rings (SSSR count). The smallest absolute Gasteiger partial charge is 0.430 e. The van der Waals surface area contributed by atoms with Gasteiger partial charge in [0.15, 0.2) is 0 Å². The molecule has 3 nitrogen and oxygen atoms in total. The van der Waals surface area contributed by atoms with Gasteiger partial charge in [-0.2, -0.15) is 0 Å². The minimum atomic E-state index is -0.750. The van der Waals surface area contributed by atoms with Crippen molar-refractivity contribution in [2.75, 3.05) is 19.0 Å². The molecule has 4 heteroatoms. The highest BCUT2D eigenvalue weighted by Gasteiger charge is 2.14. The summed E-state index contributed by atoms with van der Waals surface area (Å²) in [5, 5.41) is 14.2. The minimum Gasteiger partial charge on any atom is -0.430 e. The van der Waals surface area contributed by atoms with Gasteiger partial charge in [-0.05, 0) is 29.3 Å². The van der Waals surface area contributed by atoms with Crippen LogP contribution in [0.25, 0.3) is 11.1 Å². The Labute approximate surface area is 72.6 Å². The van der Waals surface area contributed by atoms with Gasteiger partial charge in [-0.25, -0.2) is 0 Å². The topological polar surface area (TPSA) is 43.7 Å². The van der Waals surface area contributed by atoms with Crippen LogP contribution in [-0.2, 0) is 0 Å². The molecular formula is C8H12BNO2. The van der Waals surface area contributed by atoms with Gasteiger partial charge < -0.3 is 14.9 Å². The monoisotopic (exact) mass is 165 g/mol. The fraction of sp³-hybridized carbons (Fsp3) is 0.250. The first-order valence-electron chi connectivity index (χ1n) is 3.73. The molecule has 0 amide bonds. The number of benzene rings is 1. The fourth-order valence-electron chi connectivity index (χ4n) is 1.000. The molecule has 0 heterocycles. The lowest BCUT2D eigenvalue weighted by Gasteiger charge is -2.07. The van der Waals surface area contributed by atoms with Crippen LogP contribution in [0.5, 0.6) is 0 Å². The number of rotatable bonds is 1. The third kappa shape index (κ3) is 2.00. The van der Waals surface area contributed by atoms with Crippen molar-refractivity contribution in [3.63, 3.8) is 0 Å². The predicted molar refractivity (Wildman–Crippen MR) is 51.3 cm³/mol. The van der Waals surface area contributed by atoms with Crippen molar-refractivity contribution < 1.29 is 10.0 Å². The third-order valence-electron chi connectivity index (χ3n) is 1.68. The van der Waals surface area contributed by atoms with Crippen molar-refractivity contribution in [2.45, 2.75) is 0 Å². The summed E-state index contributed by atoms with van der Waals surface area (Å²) in [4.78, 5) is 2.12. The van der Waals surface area contributed by atoms with Crippen LogP contribution in [0.4, 0.5) is 5.69 Å². The molecule has 12 heavy (non-hydrogen) atoms. The average molecular weight is 165 g/mol. The molecule has 0 bridgehead atoms. The zero-order valence-corrected chi connectivity index (χ0v) is 7.28. The largest absolute Gasteiger partial charge is 0.432 e. The van der Waals surface area contributed by atoms with Gasteiger partial charge in [0.25, 0.3) is 0 Å². The number of hydrogen-bond acceptors (Lipinski definition) is 3. The lowest BCUT2D eigenvalue weighted by atomic mass is 10.4. The summed E-state index contributed by atoms with van der Waals surface area (Å²) in [6.07, 6.45) is 0. The van der Waals surface area contributed by atoms with Gasteiger partial charge in [0.05, 0.1) is 0 Å². The van der Waals surface area contributed by atoms with Gasteiger partial charge in [-0.3, -0.25) is 0 Å². The SMILES string of the molecule is CN(C)c1cc2cc-2c1.OBO. The molecule has 0 aromatic heterocycles. The Kier molecular flexibility index (Phi) is 2.73. The normalized spacial score (nSPS) is 9.67. The molecule has 0 spiro atoms. The van der Waals surface area contributed by atoms with E-state index in [1.54, 1.807) is 0 Å². The second kappa shape index (κ2) is 3.60. The van der Waals surface area contributed by atoms with Crippen LogP contribution in [-0.4, -0.2) is 31.8 Å². The molecule has 0 radical (unpaired) electrons. The molecule has 2 aliphatic carbocycles. The third-order valence-corrected chi connectivity index (χ3v) is 1.68. The summed E-state index contributed by atoms with van der Waals surface area (Å²) in [7, 11) is 3.38. The molecule has 0 saturated heterocycles. The maximum atomic E-state index is 7.12. The van der Waals surface area contributed by atoms with E-state index in [1.807, 2.05) is 0 Å². The second-order valence-electron chi connectivity index (χ2n) is 2.80. The highest BCUT2D eigenvalue weighted by Crippen LogP contribution is 2.39. The minimum absolute atomic E-state index is 0.750. The molecule has 64 valence electrons. The van der Waals surface area contributed by atoms with Crippen LogP contribution in [0.3, 0.4) is 0 Å². The Morgan fingerprint density at radius 2 is 1.50 bits per heavy atom. The van der Waals surface area contributed by atoms with Crippen molar-refractivity contribution in [3.05, 3.63) is 18.2 Å². The Bertz CT molecular complexity index is 256. The first kappa shape index (κ1) is 9.10. The summed E-state index contributed by atoms with van der Waals surface area (Å²) in [5.41, 5.74) is 4.15. The van der Waals surface area contributed by atoms with Crippen LogP contribution in [0.1, 0.15) is 0 Å². The highest BCUT2D eigenvalue weighted by atomic mass is 16.4. The Morgan fingerprint density at radius 3 is 1.75 bits per heavy atom. The fourth-order valence-corrected chi connectivity index (χ4v) is 1.000. The van der Waals surface area contributed by atoms with Gasteiger partial charge in [0.1, 0.15) is 0 Å². The molecule has 0 aromatic carbocycles. The summed E-state index contributed by atoms with van der Waals surface area (Å²) in [6.45, 7) is 0. The van der Waals surface area contributed by atoms with Gasteiger partial charge in [-0.15, -0.1) is 0 Å². The quantitative estimate of drug-likeness (QED) is 0.583. The lowest BCUT2D eigenvalue weighted by molar-refractivity contribution is 0.448. The van der Waals surface area contributed by atoms with Crippen molar-refractivity contribution in [1.29, 1.82) is 0 Å². The first-order chi connectivity index (χ1) is 5.69.